The Kier molecular flexibility index (Phi) is 3.04. The Morgan fingerprint density at radius 2 is 1.62 bits per heavy atom. The molecule has 0 atom stereocenters. The molecule has 3 nitrogen and oxygen atoms in total. The van der Waals surface area contributed by atoms with Gasteiger partial charge >= 0.3 is 0 Å². The molecule has 0 saturated carbocycles. The first kappa shape index (κ1) is 8.83. The van der Waals surface area contributed by atoms with Crippen molar-refractivity contribution >= 4 is 34.4 Å². The van der Waals surface area contributed by atoms with Gasteiger partial charge in [0.2, 0.25) is 0 Å². The molecule has 1 aliphatic rings. The summed E-state index contributed by atoms with van der Waals surface area (Å²) in [6, 6.07) is 6.94. The molecule has 0 unspecified atom stereocenters. The summed E-state index contributed by atoms with van der Waals surface area (Å²) in [5.41, 5.74) is 1.16. The van der Waals surface area contributed by atoms with Crippen LogP contribution in [0.25, 0.3) is 0 Å². The fraction of sp³-hybridized carbons (Fsp3) is 0.111. The van der Waals surface area contributed by atoms with Crippen molar-refractivity contribution in [2.45, 2.75) is 6.42 Å². The zero-order chi connectivity index (χ0) is 10.6. The van der Waals surface area contributed by atoms with Gasteiger partial charge in [-0.15, -0.1) is 0 Å². The average Bonchev–Trinajstić information content (AvgIpc) is 2.45. The Balaban J connectivity index is 0.000000293. The van der Waals surface area contributed by atoms with Crippen LogP contribution in [-0.2, 0) is 0 Å². The molecule has 1 aliphatic carbocycles. The van der Waals surface area contributed by atoms with Crippen molar-refractivity contribution in [1.82, 2.24) is 0 Å². The van der Waals surface area contributed by atoms with Gasteiger partial charge in [-0.1, -0.05) is 24.3 Å². The highest BCUT2D eigenvalue weighted by Gasteiger charge is 2.25. The fourth-order valence-electron chi connectivity index (χ4n) is 1.31. The van der Waals surface area contributed by atoms with Crippen LogP contribution >= 0.6 is 22.9 Å². The topological polar surface area (TPSA) is 60.2 Å². The lowest BCUT2D eigenvalue weighted by atomic mass is 10.1. The molecule has 0 saturated heterocycles. The second-order valence-electron chi connectivity index (χ2n) is 2.57. The normalized spacial score (nSPS) is 14.4. The minimum Gasteiger partial charge on any atom is -0.294 e. The van der Waals surface area contributed by atoms with Crippen molar-refractivity contribution in [3.8, 4) is 0 Å². The molecule has 0 bridgehead atoms. The van der Waals surface area contributed by atoms with Crippen molar-refractivity contribution in [3.05, 3.63) is 35.4 Å². The maximum atomic E-state index is 11.1. The Bertz CT molecular complexity index is 335. The number of carbonyl (C=O) groups excluding carboxylic acids is 2. The summed E-state index contributed by atoms with van der Waals surface area (Å²) >= 11 is 1.70. The van der Waals surface area contributed by atoms with E-state index in [-0.39, 0.29) is 18.0 Å². The Morgan fingerprint density at radius 3 is 2.00 bits per heavy atom. The lowest BCUT2D eigenvalue weighted by molar-refractivity contribution is 0.0923. The number of hydrogen-bond acceptors (Lipinski definition) is 3. The van der Waals surface area contributed by atoms with Gasteiger partial charge in [-0.3, -0.25) is 13.5 Å². The first-order valence-electron chi connectivity index (χ1n) is 4.13. The lowest BCUT2D eigenvalue weighted by Gasteiger charge is -1.90. The van der Waals surface area contributed by atoms with Crippen LogP contribution in [0.4, 0.5) is 0 Å². The van der Waals surface area contributed by atoms with Gasteiger partial charge in [-0.25, -0.2) is 0 Å². The molecule has 1 aromatic carbocycles. The summed E-state index contributed by atoms with van der Waals surface area (Å²) in [7, 11) is 0. The molecule has 4 heteroatoms. The third-order valence-electron chi connectivity index (χ3n) is 1.85. The summed E-state index contributed by atoms with van der Waals surface area (Å²) in [6.45, 7) is 0. The number of halogens is 1. The highest BCUT2D eigenvalue weighted by Crippen LogP contribution is 2.20. The lowest BCUT2D eigenvalue weighted by Crippen LogP contribution is -1.90. The molecule has 68 valence electrons. The SMILES string of the molecule is O=C1CC(=O)c2ccccc21.[2H]NI. The van der Waals surface area contributed by atoms with Crippen LogP contribution in [0.1, 0.15) is 27.1 Å². The molecule has 0 amide bonds. The van der Waals surface area contributed by atoms with Crippen molar-refractivity contribution in [3.63, 3.8) is 0 Å². The molecule has 0 heterocycles. The van der Waals surface area contributed by atoms with E-state index >= 15 is 0 Å². The zero-order valence-electron chi connectivity index (χ0n) is 7.71. The van der Waals surface area contributed by atoms with Crippen molar-refractivity contribution in [2.75, 3.05) is 0 Å². The van der Waals surface area contributed by atoms with Gasteiger partial charge in [0.25, 0.3) is 0 Å². The number of nitrogens with two attached hydrogens (primary N) is 1. The maximum absolute atomic E-state index is 11.1. The minimum absolute atomic E-state index is 0.0504. The average molecular weight is 290 g/mol. The molecule has 0 fully saturated rings. The van der Waals surface area contributed by atoms with E-state index in [1.807, 2.05) is 3.94 Å². The van der Waals surface area contributed by atoms with Gasteiger partial charge in [0.05, 0.1) is 6.42 Å². The zero-order valence-corrected chi connectivity index (χ0v) is 8.87. The van der Waals surface area contributed by atoms with E-state index in [9.17, 15) is 9.59 Å². The van der Waals surface area contributed by atoms with E-state index in [4.69, 9.17) is 1.41 Å². The van der Waals surface area contributed by atoms with Gasteiger partial charge in [0.1, 0.15) is 1.41 Å². The van der Waals surface area contributed by atoms with Gasteiger partial charge in [0.15, 0.2) is 11.6 Å². The van der Waals surface area contributed by atoms with Crippen LogP contribution in [0.5, 0.6) is 0 Å². The smallest absolute Gasteiger partial charge is 0.171 e. The molecule has 2 rings (SSSR count). The second kappa shape index (κ2) is 4.48. The molecule has 0 aliphatic heterocycles. The quantitative estimate of drug-likeness (QED) is 0.450. The molecule has 0 spiro atoms. The van der Waals surface area contributed by atoms with Crippen LogP contribution in [0, 0.1) is 0 Å². The van der Waals surface area contributed by atoms with Gasteiger partial charge in [0, 0.05) is 34.0 Å². The predicted octanol–water partition coefficient (Wildman–Crippen LogP) is 1.75. The summed E-state index contributed by atoms with van der Waals surface area (Å²) in [4.78, 5) is 22.1. The number of hydrogen-bond donors (Lipinski definition) is 1. The summed E-state index contributed by atoms with van der Waals surface area (Å²) in [5.74, 6) is -0.101. The number of benzene rings is 1. The molecular weight excluding hydrogens is 281 g/mol. The van der Waals surface area contributed by atoms with E-state index in [0.29, 0.717) is 11.1 Å². The van der Waals surface area contributed by atoms with Crippen LogP contribution in [0.3, 0.4) is 0 Å². The largest absolute Gasteiger partial charge is 0.294 e. The molecule has 2 N–H and O–H groups in total. The molecule has 13 heavy (non-hydrogen) atoms. The maximum Gasteiger partial charge on any atom is 0.171 e. The highest BCUT2D eigenvalue weighted by atomic mass is 127. The van der Waals surface area contributed by atoms with Crippen molar-refractivity contribution in [2.24, 2.45) is 3.94 Å². The van der Waals surface area contributed by atoms with E-state index in [2.05, 4.69) is 0 Å². The Labute approximate surface area is 91.3 Å². The molecule has 0 aromatic heterocycles. The standard InChI is InChI=1S/C9H6O2.H2IN/c10-8-5-9(11)7-4-2-1-3-6(7)8;1-2/h1-4H,5H2;2H2/i/hD. The Morgan fingerprint density at radius 1 is 1.23 bits per heavy atom. The van der Waals surface area contributed by atoms with Gasteiger partial charge in [-0.2, -0.15) is 0 Å². The molecular formula is C9H8INO2. The molecule has 1 aromatic rings. The van der Waals surface area contributed by atoms with E-state index in [1.165, 1.54) is 0 Å². The number of rotatable bonds is 0. The highest BCUT2D eigenvalue weighted by molar-refractivity contribution is 14.1. The van der Waals surface area contributed by atoms with Crippen molar-refractivity contribution in [1.29, 1.82) is 0 Å². The summed E-state index contributed by atoms with van der Waals surface area (Å²) in [6.07, 6.45) is 0.0549. The van der Waals surface area contributed by atoms with Gasteiger partial charge in [-0.05, 0) is 0 Å². The monoisotopic (exact) mass is 290 g/mol. The van der Waals surface area contributed by atoms with Crippen molar-refractivity contribution < 1.29 is 11.0 Å². The number of carbonyl (C=O) groups is 2. The summed E-state index contributed by atoms with van der Waals surface area (Å²) in [5, 5.41) is 0. The number of Topliss-reactive ketones (excluding diaryl/α,β-unsaturated/α-hetero) is 2. The van der Waals surface area contributed by atoms with Crippen LogP contribution in [0.2, 0.25) is 1.41 Å². The van der Waals surface area contributed by atoms with E-state index in [1.54, 1.807) is 47.1 Å². The molecule has 0 radical (unpaired) electrons. The third kappa shape index (κ3) is 1.94. The minimum atomic E-state index is -0.0504. The first-order valence-corrected chi connectivity index (χ1v) is 4.71. The predicted molar refractivity (Wildman–Crippen MR) is 57.9 cm³/mol. The summed E-state index contributed by atoms with van der Waals surface area (Å²) < 4.78 is 7.92. The fourth-order valence-corrected chi connectivity index (χ4v) is 1.31. The first-order chi connectivity index (χ1) is 6.70. The van der Waals surface area contributed by atoms with Gasteiger partial charge < -0.3 is 0 Å². The second-order valence-corrected chi connectivity index (χ2v) is 2.57. The van der Waals surface area contributed by atoms with E-state index in [0.717, 1.165) is 0 Å². The van der Waals surface area contributed by atoms with E-state index < -0.39 is 0 Å². The van der Waals surface area contributed by atoms with Crippen LogP contribution in [0.15, 0.2) is 24.3 Å². The third-order valence-corrected chi connectivity index (χ3v) is 1.85. The van der Waals surface area contributed by atoms with Crippen LogP contribution in [-0.4, -0.2) is 11.6 Å². The number of ketones is 2. The van der Waals surface area contributed by atoms with Crippen LogP contribution < -0.4 is 3.94 Å². The Hall–Kier alpha value is -0.750. The number of fused-ring (bicyclic) bond motifs is 1.